The number of unbranched alkanes of at least 4 members (excludes halogenated alkanes) is 6. The van der Waals surface area contributed by atoms with Gasteiger partial charge in [-0.2, -0.15) is 0 Å². The van der Waals surface area contributed by atoms with Gasteiger partial charge in [0.25, 0.3) is 0 Å². The molecule has 6 aromatic carbocycles. The van der Waals surface area contributed by atoms with Gasteiger partial charge in [0.1, 0.15) is 34.5 Å². The van der Waals surface area contributed by atoms with Gasteiger partial charge in [-0.1, -0.05) is 49.6 Å². The zero-order valence-corrected chi connectivity index (χ0v) is 56.3. The minimum absolute atomic E-state index is 0.306. The lowest BCUT2D eigenvalue weighted by Crippen LogP contribution is -2.30. The standard InChI is InChI=1S/C74H74N4O14S4/c1-3-67(79)87-43-15-7-5-13-41-85-57-31-35-59(36-32-57)89-69(81)49-21-25-51(26-22-49)71(83)91-63-39-29-53(45-55(63)47-75-95-73-77-61-17-9-11-19-65(61)93-73)54-30-40-64(56(46-54)48-76-96-74-78-62-18-10-12-20-66(62)94-74)92-72(84)52-27-23-50(24-28-52)70(82)90-60-37-33-58(34-38-60)86-42-14-6-8-16-44-88-68(80)4-2/h3-4,9-12,17-20,29-40,45-52H,1-2,5-8,13-16,21-28,41-44H2/b75-47+,76-48+. The van der Waals surface area contributed by atoms with Crippen molar-refractivity contribution in [3.05, 3.63) is 170 Å². The third-order valence-corrected chi connectivity index (χ3v) is 19.8. The molecule has 0 amide bonds. The molecule has 2 aliphatic carbocycles. The Labute approximate surface area is 574 Å². The van der Waals surface area contributed by atoms with Crippen molar-refractivity contribution in [2.75, 3.05) is 26.4 Å². The average molecular weight is 1370 g/mol. The predicted octanol–water partition coefficient (Wildman–Crippen LogP) is 16.8. The van der Waals surface area contributed by atoms with Gasteiger partial charge in [0.2, 0.25) is 0 Å². The summed E-state index contributed by atoms with van der Waals surface area (Å²) >= 11 is 5.47. The Morgan fingerprint density at radius 3 is 1.14 bits per heavy atom. The Morgan fingerprint density at radius 1 is 0.427 bits per heavy atom. The van der Waals surface area contributed by atoms with Crippen molar-refractivity contribution in [1.82, 2.24) is 9.97 Å². The molecule has 0 spiro atoms. The minimum Gasteiger partial charge on any atom is -0.494 e. The summed E-state index contributed by atoms with van der Waals surface area (Å²) in [4.78, 5) is 86.8. The SMILES string of the molecule is C=CC(=O)OCCCCCCOc1ccc(OC(=O)C2CCC(C(=O)Oc3ccc(-c4ccc(OC(=O)C5CCC(C(=O)Oc6ccc(OCCCCCCOC(=O)C=C)cc6)CC5)c(/C=N/Sc5nc6ccccc6s5)c4)cc3/C=N/Sc3nc4ccccc4s3)CC2)cc1. The second-order valence-corrected chi connectivity index (χ2v) is 27.2. The fourth-order valence-corrected chi connectivity index (χ4v) is 14.2. The van der Waals surface area contributed by atoms with Crippen molar-refractivity contribution in [2.45, 2.75) is 111 Å². The molecule has 0 aliphatic heterocycles. The maximum Gasteiger partial charge on any atom is 0.330 e. The van der Waals surface area contributed by atoms with Crippen LogP contribution in [0.25, 0.3) is 31.6 Å². The van der Waals surface area contributed by atoms with Crippen LogP contribution in [-0.4, -0.2) is 84.6 Å². The molecule has 0 radical (unpaired) electrons. The van der Waals surface area contributed by atoms with E-state index in [1.165, 1.54) is 46.6 Å². The smallest absolute Gasteiger partial charge is 0.330 e. The van der Waals surface area contributed by atoms with E-state index in [1.807, 2.05) is 72.8 Å². The molecule has 2 aromatic heterocycles. The summed E-state index contributed by atoms with van der Waals surface area (Å²) in [5.74, 6) is -1.27. The molecule has 0 unspecified atom stereocenters. The van der Waals surface area contributed by atoms with Crippen LogP contribution >= 0.6 is 46.6 Å². The van der Waals surface area contributed by atoms with E-state index in [0.717, 1.165) is 104 Å². The van der Waals surface area contributed by atoms with Gasteiger partial charge in [-0.3, -0.25) is 19.2 Å². The largest absolute Gasteiger partial charge is 0.494 e. The minimum atomic E-state index is -0.453. The Hall–Kier alpha value is -8.96. The van der Waals surface area contributed by atoms with Gasteiger partial charge in [0, 0.05) is 59.6 Å². The second-order valence-electron chi connectivity index (χ2n) is 23.0. The Balaban J connectivity index is 0.762. The summed E-state index contributed by atoms with van der Waals surface area (Å²) in [6.45, 7) is 8.59. The van der Waals surface area contributed by atoms with Crippen LogP contribution in [0.3, 0.4) is 0 Å². The molecule has 2 fully saturated rings. The number of fused-ring (bicyclic) bond motifs is 2. The van der Waals surface area contributed by atoms with Crippen LogP contribution in [0, 0.1) is 23.7 Å². The van der Waals surface area contributed by atoms with E-state index >= 15 is 0 Å². The fourth-order valence-electron chi connectivity index (χ4n) is 11.0. The monoisotopic (exact) mass is 1370 g/mol. The zero-order valence-electron chi connectivity index (χ0n) is 53.0. The van der Waals surface area contributed by atoms with E-state index < -0.39 is 35.7 Å². The molecule has 22 heteroatoms. The highest BCUT2D eigenvalue weighted by Crippen LogP contribution is 2.38. The molecule has 0 saturated heterocycles. The van der Waals surface area contributed by atoms with E-state index in [4.69, 9.17) is 56.7 Å². The first-order valence-corrected chi connectivity index (χ1v) is 35.4. The maximum absolute atomic E-state index is 14.1. The summed E-state index contributed by atoms with van der Waals surface area (Å²) in [7, 11) is 0. The lowest BCUT2D eigenvalue weighted by molar-refractivity contribution is -0.145. The highest BCUT2D eigenvalue weighted by molar-refractivity contribution is 8.00. The summed E-state index contributed by atoms with van der Waals surface area (Å²) in [5.41, 5.74) is 4.31. The van der Waals surface area contributed by atoms with Gasteiger partial charge < -0.3 is 37.9 Å². The average Bonchev–Trinajstić information content (AvgIpc) is 1.29. The number of para-hydroxylation sites is 2. The maximum atomic E-state index is 14.1. The van der Waals surface area contributed by atoms with E-state index in [-0.39, 0.29) is 23.8 Å². The number of carbonyl (C=O) groups is 6. The van der Waals surface area contributed by atoms with Crippen LogP contribution in [0.1, 0.15) is 114 Å². The van der Waals surface area contributed by atoms with Crippen molar-refractivity contribution < 1.29 is 66.7 Å². The first-order valence-electron chi connectivity index (χ1n) is 32.2. The third-order valence-electron chi connectivity index (χ3n) is 16.3. The summed E-state index contributed by atoms with van der Waals surface area (Å²) < 4.78 is 58.8. The van der Waals surface area contributed by atoms with Crippen molar-refractivity contribution in [1.29, 1.82) is 0 Å². The number of aromatic nitrogens is 2. The summed E-state index contributed by atoms with van der Waals surface area (Å²) in [6, 6.07) is 40.6. The Kier molecular flexibility index (Phi) is 26.4. The number of thiazole rings is 2. The van der Waals surface area contributed by atoms with Crippen molar-refractivity contribution in [3.8, 4) is 45.6 Å². The van der Waals surface area contributed by atoms with Crippen LogP contribution in [0.5, 0.6) is 34.5 Å². The van der Waals surface area contributed by atoms with Crippen LogP contribution in [-0.2, 0) is 38.2 Å². The molecule has 0 atom stereocenters. The van der Waals surface area contributed by atoms with Crippen LogP contribution < -0.4 is 28.4 Å². The molecular formula is C74H74N4O14S4. The van der Waals surface area contributed by atoms with E-state index in [1.54, 1.807) is 73.1 Å². The van der Waals surface area contributed by atoms with Crippen molar-refractivity contribution in [2.24, 2.45) is 32.5 Å². The highest BCUT2D eigenvalue weighted by atomic mass is 32.2. The van der Waals surface area contributed by atoms with Crippen molar-refractivity contribution in [3.63, 3.8) is 0 Å². The molecule has 18 nitrogen and oxygen atoms in total. The van der Waals surface area contributed by atoms with E-state index in [0.29, 0.717) is 123 Å². The normalized spacial score (nSPS) is 16.2. The Bertz CT molecular complexity index is 3720. The molecule has 2 saturated carbocycles. The van der Waals surface area contributed by atoms with Gasteiger partial charge in [0.15, 0.2) is 8.68 Å². The molecule has 8 aromatic rings. The lowest BCUT2D eigenvalue weighted by atomic mass is 9.82. The third kappa shape index (κ3) is 21.0. The molecular weight excluding hydrogens is 1300 g/mol. The molecule has 0 bridgehead atoms. The first kappa shape index (κ1) is 69.9. The number of benzene rings is 6. The molecule has 0 N–H and O–H groups in total. The van der Waals surface area contributed by atoms with Gasteiger partial charge in [-0.25, -0.2) is 28.4 Å². The topological polar surface area (TPSA) is 227 Å². The Morgan fingerprint density at radius 2 is 0.771 bits per heavy atom. The number of carbonyl (C=O) groups excluding carboxylic acids is 6. The number of hydrogen-bond acceptors (Lipinski definition) is 22. The zero-order chi connectivity index (χ0) is 66.9. The first-order chi connectivity index (χ1) is 46.9. The second kappa shape index (κ2) is 36.2. The summed E-state index contributed by atoms with van der Waals surface area (Å²) in [5, 5.41) is 0. The molecule has 2 aliphatic rings. The van der Waals surface area contributed by atoms with E-state index in [2.05, 4.69) is 13.2 Å². The number of esters is 6. The number of ether oxygens (including phenoxy) is 8. The van der Waals surface area contributed by atoms with Crippen LogP contribution in [0.4, 0.5) is 0 Å². The molecule has 96 heavy (non-hydrogen) atoms. The number of rotatable bonds is 33. The van der Waals surface area contributed by atoms with Gasteiger partial charge >= 0.3 is 35.8 Å². The highest BCUT2D eigenvalue weighted by Gasteiger charge is 2.34. The summed E-state index contributed by atoms with van der Waals surface area (Å²) in [6.07, 6.45) is 16.1. The van der Waals surface area contributed by atoms with Crippen LogP contribution in [0.2, 0.25) is 0 Å². The molecule has 2 heterocycles. The predicted molar refractivity (Wildman–Crippen MR) is 375 cm³/mol. The van der Waals surface area contributed by atoms with Gasteiger partial charge in [-0.15, -0.1) is 22.7 Å². The van der Waals surface area contributed by atoms with Crippen LogP contribution in [0.15, 0.2) is 176 Å². The van der Waals surface area contributed by atoms with Crippen molar-refractivity contribution >= 4 is 115 Å². The van der Waals surface area contributed by atoms with E-state index in [9.17, 15) is 28.8 Å². The fraction of sp³-hybridized carbons (Fsp3) is 0.324. The number of nitrogens with zero attached hydrogens (tertiary/aromatic N) is 4. The van der Waals surface area contributed by atoms with Gasteiger partial charge in [0.05, 0.1) is 70.5 Å². The molecule has 498 valence electrons. The number of hydrogen-bond donors (Lipinski definition) is 0. The molecule has 10 rings (SSSR count). The lowest BCUT2D eigenvalue weighted by Gasteiger charge is -2.26. The quantitative estimate of drug-likeness (QED) is 0.00930. The van der Waals surface area contributed by atoms with Gasteiger partial charge in [-0.05, 0) is 211 Å².